The van der Waals surface area contributed by atoms with Crippen LogP contribution in [0, 0.1) is 18.6 Å². The minimum atomic E-state index is 0.0800. The van der Waals surface area contributed by atoms with Crippen LogP contribution in [0.2, 0.25) is 0 Å². The largest absolute Gasteiger partial charge is 0.339 e. The predicted octanol–water partition coefficient (Wildman–Crippen LogP) is 3.57. The van der Waals surface area contributed by atoms with Crippen molar-refractivity contribution >= 4 is 18.1 Å². The van der Waals surface area contributed by atoms with E-state index in [1.807, 2.05) is 36.1 Å². The third kappa shape index (κ3) is 4.52. The zero-order valence-electron chi connectivity index (χ0n) is 17.5. The molecule has 1 saturated heterocycles. The Kier molecular flexibility index (Phi) is 6.11. The number of aryl methyl sites for hydroxylation is 2. The van der Waals surface area contributed by atoms with Gasteiger partial charge in [0.1, 0.15) is 6.54 Å². The monoisotopic (exact) mass is 421 g/mol. The van der Waals surface area contributed by atoms with E-state index in [0.29, 0.717) is 10.6 Å². The molecule has 0 spiro atoms. The van der Waals surface area contributed by atoms with Crippen molar-refractivity contribution in [3.63, 3.8) is 0 Å². The number of H-pyrrole nitrogens is 1. The Labute approximate surface area is 182 Å². The van der Waals surface area contributed by atoms with Crippen molar-refractivity contribution < 1.29 is 4.79 Å². The minimum absolute atomic E-state index is 0.0800. The van der Waals surface area contributed by atoms with Gasteiger partial charge in [0.05, 0.1) is 0 Å². The lowest BCUT2D eigenvalue weighted by atomic mass is 10.1. The van der Waals surface area contributed by atoms with E-state index in [1.165, 1.54) is 16.7 Å². The lowest BCUT2D eigenvalue weighted by Gasteiger charge is -2.35. The zero-order chi connectivity index (χ0) is 21.1. The Hall–Kier alpha value is -2.77. The van der Waals surface area contributed by atoms with Crippen LogP contribution >= 0.6 is 12.2 Å². The van der Waals surface area contributed by atoms with Crippen molar-refractivity contribution in [2.45, 2.75) is 26.9 Å². The number of carbonyl (C=O) groups excluding carboxylic acids is 1. The Morgan fingerprint density at radius 1 is 1.03 bits per heavy atom. The third-order valence-corrected chi connectivity index (χ3v) is 6.05. The summed E-state index contributed by atoms with van der Waals surface area (Å²) in [4.78, 5) is 17.3. The van der Waals surface area contributed by atoms with Crippen molar-refractivity contribution in [2.24, 2.45) is 0 Å². The first-order chi connectivity index (χ1) is 14.5. The molecule has 0 radical (unpaired) electrons. The number of aromatic amines is 1. The van der Waals surface area contributed by atoms with Crippen LogP contribution in [0.3, 0.4) is 0 Å². The zero-order valence-corrected chi connectivity index (χ0v) is 18.3. The summed E-state index contributed by atoms with van der Waals surface area (Å²) in [6.45, 7) is 8.54. The topological polar surface area (TPSA) is 57.2 Å². The van der Waals surface area contributed by atoms with Crippen LogP contribution in [-0.4, -0.2) is 56.7 Å². The maximum absolute atomic E-state index is 13.0. The molecule has 1 amide bonds. The highest BCUT2D eigenvalue weighted by Crippen LogP contribution is 2.19. The molecule has 30 heavy (non-hydrogen) atoms. The fourth-order valence-electron chi connectivity index (χ4n) is 3.81. The highest BCUT2D eigenvalue weighted by Gasteiger charge is 2.23. The fraction of sp³-hybridized carbons (Fsp3) is 0.348. The molecule has 6 nitrogen and oxygen atoms in total. The molecule has 4 rings (SSSR count). The maximum atomic E-state index is 13.0. The first-order valence-electron chi connectivity index (χ1n) is 10.3. The van der Waals surface area contributed by atoms with Gasteiger partial charge >= 0.3 is 0 Å². The number of rotatable bonds is 5. The lowest BCUT2D eigenvalue weighted by molar-refractivity contribution is -0.133. The van der Waals surface area contributed by atoms with Gasteiger partial charge in [0.15, 0.2) is 10.6 Å². The van der Waals surface area contributed by atoms with Gasteiger partial charge < -0.3 is 4.90 Å². The molecule has 0 aliphatic carbocycles. The van der Waals surface area contributed by atoms with Gasteiger partial charge in [-0.2, -0.15) is 5.10 Å². The summed E-state index contributed by atoms with van der Waals surface area (Å²) < 4.78 is 2.26. The lowest BCUT2D eigenvalue weighted by Crippen LogP contribution is -2.49. The molecule has 3 aromatic rings. The van der Waals surface area contributed by atoms with Crippen molar-refractivity contribution in [1.82, 2.24) is 24.6 Å². The molecule has 1 N–H and O–H groups in total. The van der Waals surface area contributed by atoms with Gasteiger partial charge in [-0.1, -0.05) is 54.1 Å². The Balaban J connectivity index is 1.39. The smallest absolute Gasteiger partial charge is 0.242 e. The molecule has 0 bridgehead atoms. The third-order valence-electron chi connectivity index (χ3n) is 5.74. The average Bonchev–Trinajstić information content (AvgIpc) is 3.11. The van der Waals surface area contributed by atoms with Crippen LogP contribution in [0.25, 0.3) is 11.4 Å². The number of aromatic nitrogens is 3. The van der Waals surface area contributed by atoms with E-state index in [-0.39, 0.29) is 12.5 Å². The van der Waals surface area contributed by atoms with E-state index in [9.17, 15) is 4.79 Å². The van der Waals surface area contributed by atoms with Crippen molar-refractivity contribution in [3.05, 3.63) is 70.0 Å². The summed E-state index contributed by atoms with van der Waals surface area (Å²) in [7, 11) is 0. The van der Waals surface area contributed by atoms with Crippen LogP contribution in [0.1, 0.15) is 16.7 Å². The first kappa shape index (κ1) is 20.5. The predicted molar refractivity (Wildman–Crippen MR) is 121 cm³/mol. The van der Waals surface area contributed by atoms with E-state index < -0.39 is 0 Å². The number of hydrogen-bond donors (Lipinski definition) is 1. The van der Waals surface area contributed by atoms with E-state index in [0.717, 1.165) is 38.3 Å². The summed E-state index contributed by atoms with van der Waals surface area (Å²) in [6.07, 6.45) is 0. The van der Waals surface area contributed by atoms with Gasteiger partial charge in [-0.3, -0.25) is 19.4 Å². The molecule has 0 unspecified atom stereocenters. The molecule has 0 atom stereocenters. The number of nitrogens with zero attached hydrogens (tertiary/aromatic N) is 4. The van der Waals surface area contributed by atoms with Crippen LogP contribution in [0.15, 0.2) is 48.5 Å². The molecule has 2 aromatic carbocycles. The molecule has 1 fully saturated rings. The highest BCUT2D eigenvalue weighted by atomic mass is 32.1. The van der Waals surface area contributed by atoms with Gasteiger partial charge in [0.25, 0.3) is 0 Å². The second kappa shape index (κ2) is 8.93. The second-order valence-electron chi connectivity index (χ2n) is 7.89. The summed E-state index contributed by atoms with van der Waals surface area (Å²) in [5.41, 5.74) is 4.79. The number of piperazine rings is 1. The van der Waals surface area contributed by atoms with Crippen molar-refractivity contribution in [3.8, 4) is 11.4 Å². The Morgan fingerprint density at radius 2 is 1.73 bits per heavy atom. The van der Waals surface area contributed by atoms with Gasteiger partial charge in [-0.25, -0.2) is 0 Å². The Morgan fingerprint density at radius 3 is 2.43 bits per heavy atom. The molecule has 7 heteroatoms. The van der Waals surface area contributed by atoms with E-state index in [1.54, 1.807) is 4.57 Å². The van der Waals surface area contributed by atoms with Crippen molar-refractivity contribution in [1.29, 1.82) is 0 Å². The van der Waals surface area contributed by atoms with Gasteiger partial charge in [0.2, 0.25) is 5.91 Å². The van der Waals surface area contributed by atoms with Crippen LogP contribution in [0.5, 0.6) is 0 Å². The molecule has 1 aliphatic heterocycles. The fourth-order valence-corrected chi connectivity index (χ4v) is 4.00. The summed E-state index contributed by atoms with van der Waals surface area (Å²) >= 11 is 5.39. The van der Waals surface area contributed by atoms with Crippen LogP contribution in [-0.2, 0) is 17.9 Å². The summed E-state index contributed by atoms with van der Waals surface area (Å²) in [6, 6.07) is 16.6. The quantitative estimate of drug-likeness (QED) is 0.640. The summed E-state index contributed by atoms with van der Waals surface area (Å²) in [5.74, 6) is 0.781. The number of nitrogens with one attached hydrogen (secondary N) is 1. The molecular weight excluding hydrogens is 394 g/mol. The number of carbonyl (C=O) groups is 1. The first-order valence-corrected chi connectivity index (χ1v) is 10.7. The number of amides is 1. The molecule has 156 valence electrons. The van der Waals surface area contributed by atoms with E-state index in [4.69, 9.17) is 12.2 Å². The van der Waals surface area contributed by atoms with Gasteiger partial charge in [-0.05, 0) is 37.2 Å². The van der Waals surface area contributed by atoms with Gasteiger partial charge in [0, 0.05) is 38.3 Å². The highest BCUT2D eigenvalue weighted by molar-refractivity contribution is 7.71. The van der Waals surface area contributed by atoms with E-state index in [2.05, 4.69) is 46.3 Å². The summed E-state index contributed by atoms with van der Waals surface area (Å²) in [5, 5.41) is 7.18. The SMILES string of the molecule is Cc1ccc(-c2n[nH]c(=S)n2CC(=O)N2CCN(Cc3ccccc3C)CC2)cc1. The normalized spacial score (nSPS) is 14.8. The maximum Gasteiger partial charge on any atom is 0.242 e. The van der Waals surface area contributed by atoms with Crippen LogP contribution < -0.4 is 0 Å². The average molecular weight is 422 g/mol. The molecule has 2 heterocycles. The van der Waals surface area contributed by atoms with Crippen molar-refractivity contribution in [2.75, 3.05) is 26.2 Å². The standard InChI is InChI=1S/C23H27N5OS/c1-17-7-9-19(10-8-17)22-24-25-23(30)28(22)16-21(29)27-13-11-26(12-14-27)15-20-6-4-3-5-18(20)2/h3-10H,11-16H2,1-2H3,(H,25,30). The van der Waals surface area contributed by atoms with Crippen LogP contribution in [0.4, 0.5) is 0 Å². The van der Waals surface area contributed by atoms with Gasteiger partial charge in [-0.15, -0.1) is 0 Å². The molecule has 1 aromatic heterocycles. The number of benzene rings is 2. The molecular formula is C23H27N5OS. The minimum Gasteiger partial charge on any atom is -0.339 e. The van der Waals surface area contributed by atoms with E-state index >= 15 is 0 Å². The molecule has 0 saturated carbocycles. The Bertz CT molecular complexity index is 1080. The molecule has 1 aliphatic rings. The number of hydrogen-bond acceptors (Lipinski definition) is 4. The second-order valence-corrected chi connectivity index (χ2v) is 8.27.